The van der Waals surface area contributed by atoms with Crippen molar-refractivity contribution in [1.29, 1.82) is 0 Å². The monoisotopic (exact) mass is 532 g/mol. The molecule has 5 rings (SSSR count). The molecule has 0 N–H and O–H groups in total. The van der Waals surface area contributed by atoms with Gasteiger partial charge in [-0.1, -0.05) is 41.3 Å². The van der Waals surface area contributed by atoms with Crippen LogP contribution in [0.4, 0.5) is 0 Å². The molecule has 0 saturated heterocycles. The summed E-state index contributed by atoms with van der Waals surface area (Å²) in [4.78, 5) is 8.62. The van der Waals surface area contributed by atoms with E-state index in [-0.39, 0.29) is 5.41 Å². The largest absolute Gasteiger partial charge is 0.490 e. The number of thioether (sulfide) groups is 1. The molecule has 2 saturated carbocycles. The molecule has 37 heavy (non-hydrogen) atoms. The van der Waals surface area contributed by atoms with Gasteiger partial charge in [-0.2, -0.15) is 0 Å². The molecule has 2 fully saturated rings. The van der Waals surface area contributed by atoms with E-state index < -0.39 is 0 Å². The molecule has 0 bridgehead atoms. The van der Waals surface area contributed by atoms with Crippen LogP contribution in [0, 0.1) is 0 Å². The first kappa shape index (κ1) is 26.0. The van der Waals surface area contributed by atoms with Crippen molar-refractivity contribution >= 4 is 23.4 Å². The lowest BCUT2D eigenvalue weighted by atomic mass is 9.85. The molecule has 0 unspecified atom stereocenters. The van der Waals surface area contributed by atoms with Crippen LogP contribution in [0.15, 0.2) is 70.9 Å². The Morgan fingerprint density at radius 3 is 2.76 bits per heavy atom. The molecule has 0 spiro atoms. The van der Waals surface area contributed by atoms with Gasteiger partial charge in [0, 0.05) is 39.3 Å². The van der Waals surface area contributed by atoms with Crippen molar-refractivity contribution in [3.63, 3.8) is 0 Å². The number of ether oxygens (including phenoxy) is 1. The standard InChI is InChI=1S/C30H33ClN4OS/c31-28-11-10-24(37-19-5-1-4-17-34-35-32)20-22(28)12-14-30(15-16-30)27-21-33-18-13-25(27)26-6-2-3-7-29(26)36-23-8-9-23/h2-3,6-7,10-11,13,18,20-21,23H,1,4-5,8-9,12,14-17,19H2. The Kier molecular flexibility index (Phi) is 8.60. The Labute approximate surface area is 228 Å². The molecule has 7 heteroatoms. The fourth-order valence-corrected chi connectivity index (χ4v) is 6.10. The van der Waals surface area contributed by atoms with Crippen molar-refractivity contribution in [2.24, 2.45) is 5.11 Å². The molecular formula is C30H33ClN4OS. The minimum absolute atomic E-state index is 0.147. The zero-order chi connectivity index (χ0) is 25.5. The topological polar surface area (TPSA) is 70.9 Å². The number of benzene rings is 2. The highest BCUT2D eigenvalue weighted by Crippen LogP contribution is 2.55. The molecule has 1 aromatic heterocycles. The lowest BCUT2D eigenvalue weighted by Crippen LogP contribution is -2.11. The summed E-state index contributed by atoms with van der Waals surface area (Å²) in [6.45, 7) is 0.589. The van der Waals surface area contributed by atoms with E-state index in [0.717, 1.165) is 61.5 Å². The van der Waals surface area contributed by atoms with Crippen LogP contribution in [0.25, 0.3) is 21.6 Å². The van der Waals surface area contributed by atoms with Gasteiger partial charge in [0.15, 0.2) is 0 Å². The number of para-hydroxylation sites is 1. The fraction of sp³-hybridized carbons (Fsp3) is 0.433. The van der Waals surface area contributed by atoms with Gasteiger partial charge in [-0.3, -0.25) is 4.98 Å². The highest BCUT2D eigenvalue weighted by Gasteiger charge is 2.45. The zero-order valence-corrected chi connectivity index (χ0v) is 22.7. The van der Waals surface area contributed by atoms with E-state index >= 15 is 0 Å². The minimum atomic E-state index is 0.147. The van der Waals surface area contributed by atoms with Crippen molar-refractivity contribution in [2.75, 3.05) is 12.3 Å². The average molecular weight is 533 g/mol. The number of rotatable bonds is 14. The molecular weight excluding hydrogens is 500 g/mol. The highest BCUT2D eigenvalue weighted by atomic mass is 35.5. The van der Waals surface area contributed by atoms with Crippen LogP contribution in [-0.4, -0.2) is 23.4 Å². The number of aryl methyl sites for hydroxylation is 1. The summed E-state index contributed by atoms with van der Waals surface area (Å²) in [5, 5.41) is 4.46. The Bertz CT molecular complexity index is 1270. The lowest BCUT2D eigenvalue weighted by Gasteiger charge is -2.21. The van der Waals surface area contributed by atoms with Crippen molar-refractivity contribution < 1.29 is 4.74 Å². The predicted molar refractivity (Wildman–Crippen MR) is 153 cm³/mol. The van der Waals surface area contributed by atoms with Gasteiger partial charge >= 0.3 is 0 Å². The van der Waals surface area contributed by atoms with Gasteiger partial charge in [-0.25, -0.2) is 0 Å². The Morgan fingerprint density at radius 1 is 1.08 bits per heavy atom. The van der Waals surface area contributed by atoms with E-state index in [1.165, 1.54) is 40.0 Å². The molecule has 2 aliphatic rings. The number of hydrogen-bond acceptors (Lipinski definition) is 4. The second kappa shape index (κ2) is 12.3. The lowest BCUT2D eigenvalue weighted by molar-refractivity contribution is 0.304. The van der Waals surface area contributed by atoms with E-state index in [0.29, 0.717) is 12.6 Å². The second-order valence-corrected chi connectivity index (χ2v) is 11.7. The second-order valence-electron chi connectivity index (χ2n) is 10.1. The van der Waals surface area contributed by atoms with E-state index in [2.05, 4.69) is 63.7 Å². The van der Waals surface area contributed by atoms with Crippen LogP contribution < -0.4 is 4.74 Å². The molecule has 2 aliphatic carbocycles. The maximum absolute atomic E-state index is 8.37. The molecule has 3 aromatic rings. The Morgan fingerprint density at radius 2 is 1.95 bits per heavy atom. The van der Waals surface area contributed by atoms with E-state index in [4.69, 9.17) is 21.9 Å². The number of unbranched alkanes of at least 4 members (excludes halogenated alkanes) is 2. The number of pyridine rings is 1. The van der Waals surface area contributed by atoms with Gasteiger partial charge in [-0.05, 0) is 115 Å². The van der Waals surface area contributed by atoms with Crippen molar-refractivity contribution in [3.8, 4) is 16.9 Å². The quantitative estimate of drug-likeness (QED) is 0.0682. The molecule has 5 nitrogen and oxygen atoms in total. The fourth-order valence-electron chi connectivity index (χ4n) is 4.92. The van der Waals surface area contributed by atoms with Gasteiger partial charge in [0.05, 0.1) is 6.10 Å². The van der Waals surface area contributed by atoms with Gasteiger partial charge in [0.2, 0.25) is 0 Å². The average Bonchev–Trinajstić information content (AvgIpc) is 3.86. The summed E-state index contributed by atoms with van der Waals surface area (Å²) in [6, 6.07) is 17.0. The number of nitrogens with zero attached hydrogens (tertiary/aromatic N) is 4. The maximum Gasteiger partial charge on any atom is 0.127 e. The van der Waals surface area contributed by atoms with E-state index in [1.54, 1.807) is 0 Å². The van der Waals surface area contributed by atoms with Crippen LogP contribution in [0.5, 0.6) is 5.75 Å². The first-order valence-electron chi connectivity index (χ1n) is 13.3. The van der Waals surface area contributed by atoms with Crippen molar-refractivity contribution in [2.45, 2.75) is 74.2 Å². The third-order valence-corrected chi connectivity index (χ3v) is 8.81. The Hall–Kier alpha value is -2.66. The summed E-state index contributed by atoms with van der Waals surface area (Å²) in [5.41, 5.74) is 13.5. The summed E-state index contributed by atoms with van der Waals surface area (Å²) >= 11 is 8.53. The molecule has 0 amide bonds. The summed E-state index contributed by atoms with van der Waals surface area (Å²) in [5.74, 6) is 2.04. The third kappa shape index (κ3) is 6.81. The van der Waals surface area contributed by atoms with E-state index in [9.17, 15) is 0 Å². The van der Waals surface area contributed by atoms with Crippen molar-refractivity contribution in [3.05, 3.63) is 87.5 Å². The molecule has 0 radical (unpaired) electrons. The highest BCUT2D eigenvalue weighted by molar-refractivity contribution is 7.99. The molecule has 0 aliphatic heterocycles. The predicted octanol–water partition coefficient (Wildman–Crippen LogP) is 9.18. The first-order valence-corrected chi connectivity index (χ1v) is 14.7. The number of hydrogen-bond donors (Lipinski definition) is 0. The molecule has 2 aromatic carbocycles. The van der Waals surface area contributed by atoms with Gasteiger partial charge in [0.1, 0.15) is 5.75 Å². The van der Waals surface area contributed by atoms with Crippen molar-refractivity contribution in [1.82, 2.24) is 4.98 Å². The van der Waals surface area contributed by atoms with Gasteiger partial charge < -0.3 is 4.74 Å². The van der Waals surface area contributed by atoms with Crippen LogP contribution in [0.3, 0.4) is 0 Å². The SMILES string of the molecule is [N-]=[N+]=NCCCCCSc1ccc(Cl)c(CCC2(c3cnccc3-c3ccccc3OC3CC3)CC2)c1. The number of aromatic nitrogens is 1. The molecule has 1 heterocycles. The van der Waals surface area contributed by atoms with Crippen LogP contribution >= 0.6 is 23.4 Å². The normalized spacial score (nSPS) is 15.7. The number of azide groups is 1. The number of halogens is 1. The van der Waals surface area contributed by atoms with Gasteiger partial charge in [-0.15, -0.1) is 11.8 Å². The Balaban J connectivity index is 1.25. The summed E-state index contributed by atoms with van der Waals surface area (Å²) < 4.78 is 6.26. The third-order valence-electron chi connectivity index (χ3n) is 7.37. The van der Waals surface area contributed by atoms with Crippen LogP contribution in [0.2, 0.25) is 5.02 Å². The molecule has 0 atom stereocenters. The summed E-state index contributed by atoms with van der Waals surface area (Å²) in [7, 11) is 0. The van der Waals surface area contributed by atoms with Crippen LogP contribution in [0.1, 0.15) is 62.5 Å². The minimum Gasteiger partial charge on any atom is -0.490 e. The summed E-state index contributed by atoms with van der Waals surface area (Å²) in [6.07, 6.45) is 14.2. The molecule has 192 valence electrons. The van der Waals surface area contributed by atoms with E-state index in [1.807, 2.05) is 24.0 Å². The zero-order valence-electron chi connectivity index (χ0n) is 21.1. The van der Waals surface area contributed by atoms with Crippen LogP contribution in [-0.2, 0) is 11.8 Å². The maximum atomic E-state index is 8.37. The smallest absolute Gasteiger partial charge is 0.127 e. The first-order chi connectivity index (χ1) is 18.2. The van der Waals surface area contributed by atoms with Gasteiger partial charge in [0.25, 0.3) is 0 Å².